The summed E-state index contributed by atoms with van der Waals surface area (Å²) in [7, 11) is 0. The van der Waals surface area contributed by atoms with Gasteiger partial charge in [-0.2, -0.15) is 13.2 Å². The lowest BCUT2D eigenvalue weighted by atomic mass is 9.80. The van der Waals surface area contributed by atoms with Gasteiger partial charge < -0.3 is 0 Å². The predicted molar refractivity (Wildman–Crippen MR) is 131 cm³/mol. The summed E-state index contributed by atoms with van der Waals surface area (Å²) < 4.78 is 83.1. The van der Waals surface area contributed by atoms with E-state index in [1.807, 2.05) is 0 Å². The lowest BCUT2D eigenvalue weighted by Crippen LogP contribution is -2.13. The Bertz CT molecular complexity index is 1260. The van der Waals surface area contributed by atoms with Gasteiger partial charge in [0.05, 0.1) is 11.1 Å². The van der Waals surface area contributed by atoms with Crippen LogP contribution in [0.15, 0.2) is 42.5 Å². The zero-order valence-electron chi connectivity index (χ0n) is 20.1. The summed E-state index contributed by atoms with van der Waals surface area (Å²) in [5.74, 6) is 3.99. The minimum absolute atomic E-state index is 0.109. The lowest BCUT2D eigenvalue weighted by Gasteiger charge is -2.25. The molecule has 0 radical (unpaired) electrons. The van der Waals surface area contributed by atoms with E-state index >= 15 is 0 Å². The van der Waals surface area contributed by atoms with Crippen LogP contribution in [0.5, 0.6) is 0 Å². The minimum atomic E-state index is -4.83. The van der Waals surface area contributed by atoms with E-state index in [9.17, 15) is 26.3 Å². The monoisotopic (exact) mass is 502 g/mol. The van der Waals surface area contributed by atoms with Crippen LogP contribution in [0.3, 0.4) is 0 Å². The molecule has 0 amide bonds. The first-order valence-electron chi connectivity index (χ1n) is 12.5. The average Bonchev–Trinajstić information content (AvgIpc) is 2.83. The Morgan fingerprint density at radius 1 is 0.861 bits per heavy atom. The van der Waals surface area contributed by atoms with Crippen molar-refractivity contribution in [2.24, 2.45) is 11.8 Å². The molecule has 1 aliphatic carbocycles. The largest absolute Gasteiger partial charge is 0.419 e. The first kappa shape index (κ1) is 26.1. The van der Waals surface area contributed by atoms with E-state index in [1.54, 1.807) is 0 Å². The van der Waals surface area contributed by atoms with Gasteiger partial charge in [0.1, 0.15) is 17.5 Å². The average molecular weight is 503 g/mol. The van der Waals surface area contributed by atoms with Crippen LogP contribution in [-0.4, -0.2) is 0 Å². The molecule has 190 valence electrons. The summed E-state index contributed by atoms with van der Waals surface area (Å²) in [6.45, 7) is 2.20. The first-order valence-corrected chi connectivity index (χ1v) is 12.5. The van der Waals surface area contributed by atoms with Gasteiger partial charge in [0.25, 0.3) is 0 Å². The lowest BCUT2D eigenvalue weighted by molar-refractivity contribution is -0.139. The van der Waals surface area contributed by atoms with Crippen LogP contribution in [-0.2, 0) is 6.18 Å². The molecule has 0 unspecified atom stereocenters. The van der Waals surface area contributed by atoms with Gasteiger partial charge >= 0.3 is 6.18 Å². The molecule has 4 rings (SSSR count). The molecule has 0 aromatic heterocycles. The van der Waals surface area contributed by atoms with Crippen molar-refractivity contribution in [3.05, 3.63) is 71.0 Å². The van der Waals surface area contributed by atoms with Crippen molar-refractivity contribution in [3.63, 3.8) is 0 Å². The molecule has 0 bridgehead atoms. The second-order valence-electron chi connectivity index (χ2n) is 9.66. The van der Waals surface area contributed by atoms with Crippen molar-refractivity contribution in [2.75, 3.05) is 0 Å². The Hall–Kier alpha value is -2.94. The molecule has 3 aromatic rings. The quantitative estimate of drug-likeness (QED) is 0.185. The maximum absolute atomic E-state index is 14.9. The smallest absolute Gasteiger partial charge is 0.206 e. The number of halogens is 6. The number of rotatable bonds is 5. The van der Waals surface area contributed by atoms with Crippen LogP contribution in [0, 0.1) is 41.1 Å². The van der Waals surface area contributed by atoms with Crippen LogP contribution in [0.2, 0.25) is 0 Å². The third kappa shape index (κ3) is 5.88. The Kier molecular flexibility index (Phi) is 7.97. The topological polar surface area (TPSA) is 0 Å². The molecule has 0 heterocycles. The van der Waals surface area contributed by atoms with E-state index < -0.39 is 29.2 Å². The van der Waals surface area contributed by atoms with E-state index in [0.717, 1.165) is 43.7 Å². The zero-order chi connectivity index (χ0) is 25.9. The van der Waals surface area contributed by atoms with Gasteiger partial charge in [-0.3, -0.25) is 0 Å². The van der Waals surface area contributed by atoms with Crippen LogP contribution in [0.4, 0.5) is 26.3 Å². The van der Waals surface area contributed by atoms with Crippen molar-refractivity contribution in [1.29, 1.82) is 0 Å². The number of benzene rings is 3. The molecule has 0 nitrogen and oxygen atoms in total. The maximum Gasteiger partial charge on any atom is 0.419 e. The van der Waals surface area contributed by atoms with E-state index in [-0.39, 0.29) is 33.4 Å². The summed E-state index contributed by atoms with van der Waals surface area (Å²) in [4.78, 5) is 0. The Morgan fingerprint density at radius 3 is 2.19 bits per heavy atom. The van der Waals surface area contributed by atoms with Gasteiger partial charge in [-0.15, -0.1) is 0 Å². The van der Waals surface area contributed by atoms with Crippen LogP contribution >= 0.6 is 0 Å². The molecular formula is C30H28F6. The fraction of sp³-hybridized carbons (Fsp3) is 0.400. The second kappa shape index (κ2) is 11.0. The summed E-state index contributed by atoms with van der Waals surface area (Å²) in [6, 6.07) is 7.67. The van der Waals surface area contributed by atoms with Crippen molar-refractivity contribution >= 4 is 10.8 Å². The van der Waals surface area contributed by atoms with Gasteiger partial charge in [-0.05, 0) is 66.8 Å². The van der Waals surface area contributed by atoms with Crippen molar-refractivity contribution in [2.45, 2.75) is 64.5 Å². The zero-order valence-corrected chi connectivity index (χ0v) is 20.1. The van der Waals surface area contributed by atoms with Crippen LogP contribution < -0.4 is 0 Å². The van der Waals surface area contributed by atoms with E-state index in [0.29, 0.717) is 6.07 Å². The first-order chi connectivity index (χ1) is 17.2. The van der Waals surface area contributed by atoms with Gasteiger partial charge in [-0.25, -0.2) is 13.2 Å². The van der Waals surface area contributed by atoms with Crippen molar-refractivity contribution < 1.29 is 26.3 Å². The Morgan fingerprint density at radius 2 is 1.56 bits per heavy atom. The number of hydrogen-bond acceptors (Lipinski definition) is 0. The molecule has 1 aliphatic rings. The predicted octanol–water partition coefficient (Wildman–Crippen LogP) is 9.68. The standard InChI is InChI=1S/C30H28F6/c1-2-3-4-5-19-6-8-20(9-7-19)10-11-21-16-26(31)28(27(32)17-21)23-12-14-24-22(18-23)13-15-25(29(24)33)30(34,35)36/h12-20H,2-9H2,1H3. The highest BCUT2D eigenvalue weighted by molar-refractivity contribution is 5.88. The molecule has 1 saturated carbocycles. The van der Waals surface area contributed by atoms with Gasteiger partial charge in [-0.1, -0.05) is 62.6 Å². The summed E-state index contributed by atoms with van der Waals surface area (Å²) >= 11 is 0. The number of hydrogen-bond donors (Lipinski definition) is 0. The number of alkyl halides is 3. The molecule has 6 heteroatoms. The highest BCUT2D eigenvalue weighted by Crippen LogP contribution is 2.37. The van der Waals surface area contributed by atoms with E-state index in [2.05, 4.69) is 18.8 Å². The second-order valence-corrected chi connectivity index (χ2v) is 9.66. The highest BCUT2D eigenvalue weighted by Gasteiger charge is 2.34. The minimum Gasteiger partial charge on any atom is -0.206 e. The van der Waals surface area contributed by atoms with Crippen molar-refractivity contribution in [1.82, 2.24) is 0 Å². The third-order valence-corrected chi connectivity index (χ3v) is 7.07. The summed E-state index contributed by atoms with van der Waals surface area (Å²) in [5.41, 5.74) is -1.36. The molecular weight excluding hydrogens is 474 g/mol. The number of fused-ring (bicyclic) bond motifs is 1. The van der Waals surface area contributed by atoms with Crippen molar-refractivity contribution in [3.8, 4) is 23.0 Å². The Labute approximate surface area is 207 Å². The molecule has 0 aliphatic heterocycles. The molecule has 0 N–H and O–H groups in total. The molecule has 0 saturated heterocycles. The molecule has 0 atom stereocenters. The van der Waals surface area contributed by atoms with Gasteiger partial charge in [0.2, 0.25) is 0 Å². The maximum atomic E-state index is 14.9. The van der Waals surface area contributed by atoms with E-state index in [4.69, 9.17) is 0 Å². The fourth-order valence-corrected chi connectivity index (χ4v) is 5.05. The highest BCUT2D eigenvalue weighted by atomic mass is 19.4. The molecule has 1 fully saturated rings. The van der Waals surface area contributed by atoms with Crippen LogP contribution in [0.1, 0.15) is 69.4 Å². The van der Waals surface area contributed by atoms with Gasteiger partial charge in [0.15, 0.2) is 0 Å². The fourth-order valence-electron chi connectivity index (χ4n) is 5.05. The number of unbranched alkanes of at least 4 members (excludes halogenated alkanes) is 2. The summed E-state index contributed by atoms with van der Waals surface area (Å²) in [5, 5.41) is -0.150. The SMILES string of the molecule is CCCCCC1CCC(C#Cc2cc(F)c(-c3ccc4c(F)c(C(F)(F)F)ccc4c3)c(F)c2)CC1. The van der Waals surface area contributed by atoms with Crippen LogP contribution in [0.25, 0.3) is 21.9 Å². The normalized spacial score (nSPS) is 18.2. The molecule has 3 aromatic carbocycles. The third-order valence-electron chi connectivity index (χ3n) is 7.07. The molecule has 0 spiro atoms. The van der Waals surface area contributed by atoms with E-state index in [1.165, 1.54) is 49.9 Å². The molecule has 36 heavy (non-hydrogen) atoms. The summed E-state index contributed by atoms with van der Waals surface area (Å²) in [6.07, 6.45) is 4.44. The van der Waals surface area contributed by atoms with Gasteiger partial charge in [0, 0.05) is 16.9 Å². The Balaban J connectivity index is 1.51.